The van der Waals surface area contributed by atoms with Gasteiger partial charge in [0.1, 0.15) is 0 Å². The third-order valence-electron chi connectivity index (χ3n) is 4.22. The maximum atomic E-state index is 10.3. The van der Waals surface area contributed by atoms with E-state index in [-0.39, 0.29) is 0 Å². The van der Waals surface area contributed by atoms with Crippen LogP contribution in [0.5, 0.6) is 0 Å². The number of aliphatic hydroxyl groups excluding tert-OH is 1. The minimum absolute atomic E-state index is 0.453. The highest BCUT2D eigenvalue weighted by atomic mass is 16.3. The van der Waals surface area contributed by atoms with Gasteiger partial charge in [-0.1, -0.05) is 64.1 Å². The summed E-state index contributed by atoms with van der Waals surface area (Å²) >= 11 is 0. The third kappa shape index (κ3) is 5.00. The van der Waals surface area contributed by atoms with Crippen LogP contribution in [0.1, 0.15) is 50.7 Å². The highest BCUT2D eigenvalue weighted by Crippen LogP contribution is 2.24. The first-order valence-corrected chi connectivity index (χ1v) is 8.82. The van der Waals surface area contributed by atoms with E-state index < -0.39 is 6.10 Å². The van der Waals surface area contributed by atoms with Crippen LogP contribution in [0.25, 0.3) is 0 Å². The second-order valence-electron chi connectivity index (χ2n) is 6.90. The maximum absolute atomic E-state index is 10.3. The molecule has 130 valence electrons. The summed E-state index contributed by atoms with van der Waals surface area (Å²) in [6.45, 7) is 9.78. The number of nitrogens with one attached hydrogen (secondary N) is 2. The predicted molar refractivity (Wildman–Crippen MR) is 104 cm³/mol. The van der Waals surface area contributed by atoms with Gasteiger partial charge in [0.2, 0.25) is 0 Å². The second kappa shape index (κ2) is 8.74. The van der Waals surface area contributed by atoms with E-state index in [0.717, 1.165) is 11.4 Å². The standard InChI is InChI=1S/C21H30N2O/c1-15(2)18-9-5-7-11-20(18)22-13-17(24)14-23-21-12-8-6-10-19(21)16(3)4/h5-12,15-17,22-24H,13-14H2,1-4H3. The zero-order valence-corrected chi connectivity index (χ0v) is 15.2. The van der Waals surface area contributed by atoms with Crippen molar-refractivity contribution in [1.29, 1.82) is 0 Å². The SMILES string of the molecule is CC(C)c1ccccc1NCC(O)CNc1ccccc1C(C)C. The topological polar surface area (TPSA) is 44.3 Å². The Hall–Kier alpha value is -2.00. The molecule has 0 saturated heterocycles. The van der Waals surface area contributed by atoms with Crippen LogP contribution in [0.4, 0.5) is 11.4 Å². The van der Waals surface area contributed by atoms with Crippen LogP contribution in [0.15, 0.2) is 48.5 Å². The van der Waals surface area contributed by atoms with Crippen LogP contribution in [0.2, 0.25) is 0 Å². The van der Waals surface area contributed by atoms with Crippen molar-refractivity contribution >= 4 is 11.4 Å². The Bertz CT molecular complexity index is 582. The van der Waals surface area contributed by atoms with Crippen molar-refractivity contribution in [3.8, 4) is 0 Å². The summed E-state index contributed by atoms with van der Waals surface area (Å²) in [4.78, 5) is 0. The molecule has 3 N–H and O–H groups in total. The molecular weight excluding hydrogens is 296 g/mol. The maximum Gasteiger partial charge on any atom is 0.0884 e. The smallest absolute Gasteiger partial charge is 0.0884 e. The van der Waals surface area contributed by atoms with Gasteiger partial charge in [-0.25, -0.2) is 0 Å². The van der Waals surface area contributed by atoms with Gasteiger partial charge in [0, 0.05) is 24.5 Å². The first kappa shape index (κ1) is 18.3. The molecule has 0 saturated carbocycles. The molecule has 0 aromatic heterocycles. The van der Waals surface area contributed by atoms with Gasteiger partial charge in [0.25, 0.3) is 0 Å². The Labute approximate surface area is 146 Å². The number of aliphatic hydroxyl groups is 1. The van der Waals surface area contributed by atoms with Gasteiger partial charge in [-0.2, -0.15) is 0 Å². The first-order chi connectivity index (χ1) is 11.5. The number of para-hydroxylation sites is 2. The van der Waals surface area contributed by atoms with E-state index in [4.69, 9.17) is 0 Å². The summed E-state index contributed by atoms with van der Waals surface area (Å²) in [5.74, 6) is 0.920. The summed E-state index contributed by atoms with van der Waals surface area (Å²) < 4.78 is 0. The Morgan fingerprint density at radius 1 is 0.708 bits per heavy atom. The Morgan fingerprint density at radius 3 is 1.46 bits per heavy atom. The summed E-state index contributed by atoms with van der Waals surface area (Å²) in [5, 5.41) is 17.1. The van der Waals surface area contributed by atoms with E-state index in [9.17, 15) is 5.11 Å². The largest absolute Gasteiger partial charge is 0.389 e. The van der Waals surface area contributed by atoms with E-state index >= 15 is 0 Å². The molecule has 0 fully saturated rings. The number of hydrogen-bond acceptors (Lipinski definition) is 3. The van der Waals surface area contributed by atoms with Crippen LogP contribution >= 0.6 is 0 Å². The van der Waals surface area contributed by atoms with Gasteiger partial charge in [-0.15, -0.1) is 0 Å². The third-order valence-corrected chi connectivity index (χ3v) is 4.22. The van der Waals surface area contributed by atoms with Crippen LogP contribution in [0.3, 0.4) is 0 Å². The van der Waals surface area contributed by atoms with E-state index in [2.05, 4.69) is 74.7 Å². The molecule has 0 bridgehead atoms. The molecule has 2 aromatic rings. The number of hydrogen-bond donors (Lipinski definition) is 3. The highest BCUT2D eigenvalue weighted by Gasteiger charge is 2.10. The molecule has 24 heavy (non-hydrogen) atoms. The molecule has 2 aromatic carbocycles. The van der Waals surface area contributed by atoms with Crippen molar-refractivity contribution in [3.05, 3.63) is 59.7 Å². The van der Waals surface area contributed by atoms with Crippen LogP contribution in [-0.2, 0) is 0 Å². The second-order valence-corrected chi connectivity index (χ2v) is 6.90. The van der Waals surface area contributed by atoms with Gasteiger partial charge >= 0.3 is 0 Å². The molecule has 0 aliphatic heterocycles. The van der Waals surface area contributed by atoms with Gasteiger partial charge in [-0.05, 0) is 35.1 Å². The van der Waals surface area contributed by atoms with Crippen molar-refractivity contribution in [3.63, 3.8) is 0 Å². The summed E-state index contributed by atoms with van der Waals surface area (Å²) in [6, 6.07) is 16.6. The fourth-order valence-electron chi connectivity index (χ4n) is 2.85. The molecule has 0 aliphatic rings. The van der Waals surface area contributed by atoms with E-state index in [1.165, 1.54) is 11.1 Å². The average Bonchev–Trinajstić information content (AvgIpc) is 2.58. The Balaban J connectivity index is 1.90. The van der Waals surface area contributed by atoms with E-state index in [1.807, 2.05) is 12.1 Å². The van der Waals surface area contributed by atoms with Gasteiger partial charge in [0.05, 0.1) is 6.10 Å². The Morgan fingerprint density at radius 2 is 1.08 bits per heavy atom. The molecule has 3 nitrogen and oxygen atoms in total. The molecule has 0 unspecified atom stereocenters. The lowest BCUT2D eigenvalue weighted by Crippen LogP contribution is -2.28. The zero-order chi connectivity index (χ0) is 17.5. The van der Waals surface area contributed by atoms with Gasteiger partial charge < -0.3 is 15.7 Å². The zero-order valence-electron chi connectivity index (χ0n) is 15.2. The number of rotatable bonds is 8. The lowest BCUT2D eigenvalue weighted by atomic mass is 10.0. The summed E-state index contributed by atoms with van der Waals surface area (Å²) in [7, 11) is 0. The average molecular weight is 326 g/mol. The van der Waals surface area contributed by atoms with E-state index in [1.54, 1.807) is 0 Å². The minimum Gasteiger partial charge on any atom is -0.389 e. The summed E-state index contributed by atoms with van der Waals surface area (Å²) in [5.41, 5.74) is 4.77. The van der Waals surface area contributed by atoms with E-state index in [0.29, 0.717) is 24.9 Å². The van der Waals surface area contributed by atoms with Crippen LogP contribution in [-0.4, -0.2) is 24.3 Å². The van der Waals surface area contributed by atoms with Crippen LogP contribution in [0, 0.1) is 0 Å². The lowest BCUT2D eigenvalue weighted by molar-refractivity contribution is 0.200. The first-order valence-electron chi connectivity index (χ1n) is 8.82. The molecule has 0 radical (unpaired) electrons. The Kier molecular flexibility index (Phi) is 6.68. The molecule has 0 amide bonds. The van der Waals surface area contributed by atoms with Crippen molar-refractivity contribution < 1.29 is 5.11 Å². The highest BCUT2D eigenvalue weighted by molar-refractivity contribution is 5.54. The molecule has 0 spiro atoms. The number of anilines is 2. The molecule has 0 atom stereocenters. The van der Waals surface area contributed by atoms with Crippen molar-refractivity contribution in [2.24, 2.45) is 0 Å². The van der Waals surface area contributed by atoms with Crippen molar-refractivity contribution in [1.82, 2.24) is 0 Å². The van der Waals surface area contributed by atoms with Crippen molar-refractivity contribution in [2.75, 3.05) is 23.7 Å². The lowest BCUT2D eigenvalue weighted by Gasteiger charge is -2.19. The molecule has 0 aliphatic carbocycles. The molecule has 0 heterocycles. The minimum atomic E-state index is -0.453. The molecular formula is C21H30N2O. The van der Waals surface area contributed by atoms with Gasteiger partial charge in [0.15, 0.2) is 0 Å². The fraction of sp³-hybridized carbons (Fsp3) is 0.429. The fourth-order valence-corrected chi connectivity index (χ4v) is 2.85. The van der Waals surface area contributed by atoms with Crippen LogP contribution < -0.4 is 10.6 Å². The molecule has 2 rings (SSSR count). The molecule has 3 heteroatoms. The normalized spacial score (nSPS) is 11.3. The predicted octanol–water partition coefficient (Wildman–Crippen LogP) is 4.82. The quantitative estimate of drug-likeness (QED) is 0.652. The monoisotopic (exact) mass is 326 g/mol. The number of benzene rings is 2. The summed E-state index contributed by atoms with van der Waals surface area (Å²) in [6.07, 6.45) is -0.453. The van der Waals surface area contributed by atoms with Gasteiger partial charge in [-0.3, -0.25) is 0 Å². The van der Waals surface area contributed by atoms with Crippen molar-refractivity contribution in [2.45, 2.75) is 45.6 Å².